The Labute approximate surface area is 92.3 Å². The number of aliphatic hydroxyl groups excluding tert-OH is 1. The molecule has 15 heavy (non-hydrogen) atoms. The average molecular weight is 210 g/mol. The first kappa shape index (κ1) is 11.2. The van der Waals surface area contributed by atoms with Crippen LogP contribution in [0.4, 0.5) is 0 Å². The van der Waals surface area contributed by atoms with Gasteiger partial charge in [0, 0.05) is 12.5 Å². The Morgan fingerprint density at radius 3 is 2.60 bits per heavy atom. The number of aliphatic hydroxyl groups is 1. The molecule has 2 aliphatic rings. The predicted octanol–water partition coefficient (Wildman–Crippen LogP) is 2.52. The Balaban J connectivity index is 1.94. The van der Waals surface area contributed by atoms with Crippen LogP contribution in [0.5, 0.6) is 0 Å². The van der Waals surface area contributed by atoms with Crippen molar-refractivity contribution < 1.29 is 9.84 Å². The highest BCUT2D eigenvalue weighted by Crippen LogP contribution is 2.31. The Kier molecular flexibility index (Phi) is 4.21. The summed E-state index contributed by atoms with van der Waals surface area (Å²) < 4.78 is 5.36. The first-order chi connectivity index (χ1) is 7.40. The van der Waals surface area contributed by atoms with Crippen molar-refractivity contribution in [2.45, 2.75) is 38.5 Å². The maximum Gasteiger partial charge on any atom is 0.0644 e. The van der Waals surface area contributed by atoms with Crippen LogP contribution in [-0.2, 0) is 4.74 Å². The highest BCUT2D eigenvalue weighted by molar-refractivity contribution is 5.10. The summed E-state index contributed by atoms with van der Waals surface area (Å²) in [4.78, 5) is 0. The molecule has 1 aliphatic heterocycles. The van der Waals surface area contributed by atoms with Gasteiger partial charge in [-0.25, -0.2) is 0 Å². The zero-order valence-corrected chi connectivity index (χ0v) is 9.45. The van der Waals surface area contributed by atoms with Crippen LogP contribution in [0.25, 0.3) is 0 Å². The van der Waals surface area contributed by atoms with Crippen LogP contribution in [0.3, 0.4) is 0 Å². The molecule has 1 unspecified atom stereocenters. The topological polar surface area (TPSA) is 29.5 Å². The van der Waals surface area contributed by atoms with E-state index < -0.39 is 0 Å². The molecule has 0 spiro atoms. The van der Waals surface area contributed by atoms with Gasteiger partial charge in [-0.1, -0.05) is 25.3 Å². The van der Waals surface area contributed by atoms with E-state index in [4.69, 9.17) is 4.74 Å². The summed E-state index contributed by atoms with van der Waals surface area (Å²) in [5.41, 5.74) is 1.28. The van der Waals surface area contributed by atoms with E-state index in [0.717, 1.165) is 19.6 Å². The molecular weight excluding hydrogens is 188 g/mol. The lowest BCUT2D eigenvalue weighted by atomic mass is 9.82. The van der Waals surface area contributed by atoms with Gasteiger partial charge in [0.1, 0.15) is 0 Å². The van der Waals surface area contributed by atoms with E-state index in [1.54, 1.807) is 0 Å². The third-order valence-corrected chi connectivity index (χ3v) is 3.73. The first-order valence-corrected chi connectivity index (χ1v) is 6.29. The fourth-order valence-corrected chi connectivity index (χ4v) is 2.78. The molecule has 0 bridgehead atoms. The molecular formula is C13H22O2. The smallest absolute Gasteiger partial charge is 0.0644 e. The fraction of sp³-hybridized carbons (Fsp3) is 0.846. The summed E-state index contributed by atoms with van der Waals surface area (Å²) in [6.45, 7) is 2.00. The van der Waals surface area contributed by atoms with E-state index in [1.165, 1.54) is 37.7 Å². The van der Waals surface area contributed by atoms with Crippen molar-refractivity contribution in [1.82, 2.24) is 0 Å². The Morgan fingerprint density at radius 1 is 1.20 bits per heavy atom. The van der Waals surface area contributed by atoms with Crippen LogP contribution in [0.2, 0.25) is 0 Å². The Morgan fingerprint density at radius 2 is 2.00 bits per heavy atom. The quantitative estimate of drug-likeness (QED) is 0.725. The van der Waals surface area contributed by atoms with Crippen LogP contribution in [0.15, 0.2) is 11.6 Å². The number of rotatable bonds is 3. The summed E-state index contributed by atoms with van der Waals surface area (Å²) in [6.07, 6.45) is 10.0. The Bertz CT molecular complexity index is 211. The van der Waals surface area contributed by atoms with Gasteiger partial charge in [-0.15, -0.1) is 0 Å². The lowest BCUT2D eigenvalue weighted by Crippen LogP contribution is -2.13. The van der Waals surface area contributed by atoms with Crippen molar-refractivity contribution in [3.05, 3.63) is 11.6 Å². The molecule has 2 nitrogen and oxygen atoms in total. The molecule has 0 radical (unpaired) electrons. The van der Waals surface area contributed by atoms with Crippen molar-refractivity contribution in [2.24, 2.45) is 11.8 Å². The van der Waals surface area contributed by atoms with Gasteiger partial charge < -0.3 is 9.84 Å². The number of ether oxygens (including phenoxy) is 1. The molecule has 1 saturated heterocycles. The van der Waals surface area contributed by atoms with Gasteiger partial charge in [-0.3, -0.25) is 0 Å². The van der Waals surface area contributed by atoms with Crippen molar-refractivity contribution in [3.8, 4) is 0 Å². The second-order valence-corrected chi connectivity index (χ2v) is 4.86. The normalized spacial score (nSPS) is 29.7. The van der Waals surface area contributed by atoms with E-state index in [0.29, 0.717) is 11.8 Å². The van der Waals surface area contributed by atoms with E-state index in [1.807, 2.05) is 0 Å². The summed E-state index contributed by atoms with van der Waals surface area (Å²) in [5.74, 6) is 1.22. The van der Waals surface area contributed by atoms with Crippen molar-refractivity contribution in [1.29, 1.82) is 0 Å². The lowest BCUT2D eigenvalue weighted by Gasteiger charge is -2.24. The van der Waals surface area contributed by atoms with Gasteiger partial charge in [0.15, 0.2) is 0 Å². The molecule has 1 aliphatic carbocycles. The summed E-state index contributed by atoms with van der Waals surface area (Å²) in [6, 6.07) is 0. The molecule has 0 amide bonds. The lowest BCUT2D eigenvalue weighted by molar-refractivity contribution is 0.191. The van der Waals surface area contributed by atoms with E-state index in [2.05, 4.69) is 6.08 Å². The third kappa shape index (κ3) is 3.05. The second kappa shape index (κ2) is 5.66. The molecule has 2 rings (SSSR count). The molecule has 1 N–H and O–H groups in total. The SMILES string of the molecule is OCC(=CC1CCOC1)C1CCCCC1. The van der Waals surface area contributed by atoms with E-state index >= 15 is 0 Å². The van der Waals surface area contributed by atoms with Crippen LogP contribution in [-0.4, -0.2) is 24.9 Å². The van der Waals surface area contributed by atoms with Gasteiger partial charge in [0.05, 0.1) is 13.2 Å². The summed E-state index contributed by atoms with van der Waals surface area (Å²) in [7, 11) is 0. The minimum Gasteiger partial charge on any atom is -0.392 e. The molecule has 0 aromatic heterocycles. The minimum absolute atomic E-state index is 0.251. The van der Waals surface area contributed by atoms with Crippen molar-refractivity contribution >= 4 is 0 Å². The molecule has 1 saturated carbocycles. The van der Waals surface area contributed by atoms with Crippen LogP contribution in [0, 0.1) is 11.8 Å². The van der Waals surface area contributed by atoms with Gasteiger partial charge in [0.25, 0.3) is 0 Å². The number of hydrogen-bond donors (Lipinski definition) is 1. The highest BCUT2D eigenvalue weighted by Gasteiger charge is 2.20. The van der Waals surface area contributed by atoms with Gasteiger partial charge >= 0.3 is 0 Å². The standard InChI is InChI=1S/C13H22O2/c14-9-13(8-11-6-7-15-10-11)12-4-2-1-3-5-12/h8,11-12,14H,1-7,9-10H2. The first-order valence-electron chi connectivity index (χ1n) is 6.29. The monoisotopic (exact) mass is 210 g/mol. The maximum absolute atomic E-state index is 9.43. The average Bonchev–Trinajstić information content (AvgIpc) is 2.80. The number of hydrogen-bond acceptors (Lipinski definition) is 2. The van der Waals surface area contributed by atoms with Crippen LogP contribution >= 0.6 is 0 Å². The fourth-order valence-electron chi connectivity index (χ4n) is 2.78. The van der Waals surface area contributed by atoms with Crippen molar-refractivity contribution in [3.63, 3.8) is 0 Å². The second-order valence-electron chi connectivity index (χ2n) is 4.86. The maximum atomic E-state index is 9.43. The van der Waals surface area contributed by atoms with E-state index in [9.17, 15) is 5.11 Å². The largest absolute Gasteiger partial charge is 0.392 e. The van der Waals surface area contributed by atoms with Crippen LogP contribution < -0.4 is 0 Å². The van der Waals surface area contributed by atoms with Crippen molar-refractivity contribution in [2.75, 3.05) is 19.8 Å². The molecule has 0 aromatic rings. The molecule has 1 atom stereocenters. The van der Waals surface area contributed by atoms with Gasteiger partial charge in [0.2, 0.25) is 0 Å². The summed E-state index contributed by atoms with van der Waals surface area (Å²) >= 11 is 0. The predicted molar refractivity (Wildman–Crippen MR) is 60.7 cm³/mol. The zero-order valence-electron chi connectivity index (χ0n) is 9.45. The summed E-state index contributed by atoms with van der Waals surface area (Å²) in [5, 5.41) is 9.43. The highest BCUT2D eigenvalue weighted by atomic mass is 16.5. The third-order valence-electron chi connectivity index (χ3n) is 3.73. The van der Waals surface area contributed by atoms with E-state index in [-0.39, 0.29) is 6.61 Å². The van der Waals surface area contributed by atoms with Gasteiger partial charge in [-0.05, 0) is 30.8 Å². The molecule has 0 aromatic carbocycles. The Hall–Kier alpha value is -0.340. The zero-order chi connectivity index (χ0) is 10.5. The van der Waals surface area contributed by atoms with Gasteiger partial charge in [-0.2, -0.15) is 0 Å². The molecule has 1 heterocycles. The molecule has 2 fully saturated rings. The van der Waals surface area contributed by atoms with Crippen LogP contribution in [0.1, 0.15) is 38.5 Å². The molecule has 2 heteroatoms. The minimum atomic E-state index is 0.251. The molecule has 86 valence electrons.